The number of aromatic nitrogens is 3. The molecule has 37 heavy (non-hydrogen) atoms. The number of β-lactam (4-membered cyclic amide) rings is 1. The van der Waals surface area contributed by atoms with Crippen LogP contribution < -0.4 is 15.6 Å². The number of carboxylic acid groups (broad SMARTS) is 1. The van der Waals surface area contributed by atoms with E-state index < -0.39 is 29.2 Å². The van der Waals surface area contributed by atoms with Gasteiger partial charge in [-0.1, -0.05) is 5.16 Å². The summed E-state index contributed by atoms with van der Waals surface area (Å²) < 4.78 is 3.51. The number of nitrogens with zero attached hydrogens (tertiary/aromatic N) is 5. The number of rotatable bonds is 8. The SMILES string of the molecule is CO/N=C(\C(=O)N[C@@H]1C(=O)N2C(C(=O)O)=C(C[n+]3ccn4c(C=O)ccc4c3)CS[C@@H]12)c1csc(N)n1. The second-order valence-electron chi connectivity index (χ2n) is 8.08. The number of carboxylic acids is 1. The van der Waals surface area contributed by atoms with E-state index in [0.29, 0.717) is 17.0 Å². The molecule has 2 atom stereocenters. The van der Waals surface area contributed by atoms with Crippen LogP contribution in [0.15, 0.2) is 52.5 Å². The number of nitrogen functional groups attached to an aromatic ring is 1. The number of anilines is 1. The van der Waals surface area contributed by atoms with Crippen molar-refractivity contribution in [1.82, 2.24) is 19.6 Å². The number of fused-ring (bicyclic) bond motifs is 2. The highest BCUT2D eigenvalue weighted by Gasteiger charge is 2.54. The lowest BCUT2D eigenvalue weighted by atomic mass is 10.0. The van der Waals surface area contributed by atoms with E-state index in [9.17, 15) is 24.3 Å². The molecular formula is C22H20N7O6S2+. The third kappa shape index (κ3) is 4.31. The van der Waals surface area contributed by atoms with Gasteiger partial charge >= 0.3 is 5.97 Å². The van der Waals surface area contributed by atoms with E-state index in [4.69, 9.17) is 10.6 Å². The van der Waals surface area contributed by atoms with E-state index in [1.165, 1.54) is 29.2 Å². The summed E-state index contributed by atoms with van der Waals surface area (Å²) >= 11 is 2.47. The molecule has 2 aliphatic heterocycles. The number of hydrogen-bond donors (Lipinski definition) is 3. The van der Waals surface area contributed by atoms with Crippen LogP contribution in [0.25, 0.3) is 5.52 Å². The largest absolute Gasteiger partial charge is 0.477 e. The topological polar surface area (TPSA) is 173 Å². The third-order valence-electron chi connectivity index (χ3n) is 5.88. The lowest BCUT2D eigenvalue weighted by molar-refractivity contribution is -0.688. The molecule has 190 valence electrons. The van der Waals surface area contributed by atoms with Crippen molar-refractivity contribution in [3.05, 3.63) is 58.8 Å². The summed E-state index contributed by atoms with van der Waals surface area (Å²) in [7, 11) is 1.27. The van der Waals surface area contributed by atoms with Crippen molar-refractivity contribution in [2.24, 2.45) is 5.16 Å². The lowest BCUT2D eigenvalue weighted by Gasteiger charge is -2.49. The minimum Gasteiger partial charge on any atom is -0.477 e. The van der Waals surface area contributed by atoms with Crippen molar-refractivity contribution < 1.29 is 33.7 Å². The summed E-state index contributed by atoms with van der Waals surface area (Å²) in [5.41, 5.74) is 7.41. The molecule has 0 spiro atoms. The standard InChI is InChI=1S/C22H19N7O6S2/c1-35-26-15(14-10-37-22(23)24-14)18(31)25-16-19(32)29-17(21(33)34)11(9-36-20(16)29)6-27-4-5-28-12(7-27)2-3-13(28)8-30/h2-5,7-8,10,16,20H,6,9H2,1H3,(H3-,23,24,25,31,33,34)/p+1/b26-15-/t16-,20+/m1/s1. The lowest BCUT2D eigenvalue weighted by Crippen LogP contribution is -2.71. The number of thioether (sulfide) groups is 1. The van der Waals surface area contributed by atoms with Gasteiger partial charge in [-0.15, -0.1) is 23.1 Å². The molecule has 15 heteroatoms. The number of aldehydes is 1. The second kappa shape index (κ2) is 9.67. The molecule has 3 aromatic heterocycles. The van der Waals surface area contributed by atoms with E-state index in [0.717, 1.165) is 23.1 Å². The van der Waals surface area contributed by atoms with Crippen LogP contribution in [0, 0.1) is 0 Å². The first-order valence-electron chi connectivity index (χ1n) is 10.8. The van der Waals surface area contributed by atoms with Crippen molar-refractivity contribution in [3.8, 4) is 0 Å². The van der Waals surface area contributed by atoms with Gasteiger partial charge in [0.1, 0.15) is 35.4 Å². The van der Waals surface area contributed by atoms with E-state index in [2.05, 4.69) is 15.5 Å². The first-order valence-corrected chi connectivity index (χ1v) is 12.7. The fraction of sp³-hybridized carbons (Fsp3) is 0.227. The van der Waals surface area contributed by atoms with Gasteiger partial charge in [-0.2, -0.15) is 4.57 Å². The molecule has 0 radical (unpaired) electrons. The van der Waals surface area contributed by atoms with E-state index in [1.807, 2.05) is 0 Å². The van der Waals surface area contributed by atoms with Crippen LogP contribution >= 0.6 is 23.1 Å². The Hall–Kier alpha value is -4.24. The Morgan fingerprint density at radius 3 is 2.92 bits per heavy atom. The van der Waals surface area contributed by atoms with Gasteiger partial charge in [0.15, 0.2) is 36.1 Å². The average molecular weight is 543 g/mol. The van der Waals surface area contributed by atoms with Crippen molar-refractivity contribution in [3.63, 3.8) is 0 Å². The highest BCUT2D eigenvalue weighted by molar-refractivity contribution is 8.00. The number of nitrogens with two attached hydrogens (primary N) is 1. The van der Waals surface area contributed by atoms with Gasteiger partial charge in [0, 0.05) is 16.7 Å². The molecule has 2 aliphatic rings. The maximum atomic E-state index is 13.0. The predicted octanol–water partition coefficient (Wildman–Crippen LogP) is -0.133. The average Bonchev–Trinajstić information content (AvgIpc) is 3.50. The molecule has 1 saturated heterocycles. The predicted molar refractivity (Wildman–Crippen MR) is 133 cm³/mol. The normalized spacial score (nSPS) is 19.4. The van der Waals surface area contributed by atoms with Crippen LogP contribution in [0.4, 0.5) is 5.13 Å². The van der Waals surface area contributed by atoms with Crippen LogP contribution in [0.5, 0.6) is 0 Å². The number of nitrogens with one attached hydrogen (secondary N) is 1. The van der Waals surface area contributed by atoms with Crippen LogP contribution in [-0.2, 0) is 25.8 Å². The Bertz CT molecular complexity index is 1510. The molecule has 4 N–H and O–H groups in total. The number of amides is 2. The third-order valence-corrected chi connectivity index (χ3v) is 7.89. The van der Waals surface area contributed by atoms with Gasteiger partial charge in [-0.3, -0.25) is 19.3 Å². The van der Waals surface area contributed by atoms with Crippen LogP contribution in [0.1, 0.15) is 16.2 Å². The van der Waals surface area contributed by atoms with E-state index in [-0.39, 0.29) is 28.8 Å². The monoisotopic (exact) mass is 542 g/mol. The molecule has 5 heterocycles. The molecule has 1 fully saturated rings. The molecule has 0 aliphatic carbocycles. The smallest absolute Gasteiger partial charge is 0.352 e. The van der Waals surface area contributed by atoms with Crippen molar-refractivity contribution in [2.75, 3.05) is 18.6 Å². The van der Waals surface area contributed by atoms with E-state index >= 15 is 0 Å². The Morgan fingerprint density at radius 1 is 1.43 bits per heavy atom. The number of carbonyl (C=O) groups is 4. The molecule has 0 unspecified atom stereocenters. The number of carbonyl (C=O) groups excluding carboxylic acids is 3. The fourth-order valence-corrected chi connectivity index (χ4v) is 6.13. The van der Waals surface area contributed by atoms with Gasteiger partial charge in [0.25, 0.3) is 11.8 Å². The number of thiazole rings is 1. The van der Waals surface area contributed by atoms with Crippen molar-refractivity contribution in [2.45, 2.75) is 18.0 Å². The minimum absolute atomic E-state index is 0.103. The number of hydrogen-bond acceptors (Lipinski definition) is 10. The summed E-state index contributed by atoms with van der Waals surface area (Å²) in [6, 6.07) is 2.53. The van der Waals surface area contributed by atoms with Crippen molar-refractivity contribution in [1.29, 1.82) is 0 Å². The second-order valence-corrected chi connectivity index (χ2v) is 10.1. The fourth-order valence-electron chi connectivity index (χ4n) is 4.24. The Labute approximate surface area is 217 Å². The molecule has 0 saturated carbocycles. The summed E-state index contributed by atoms with van der Waals surface area (Å²) in [5, 5.41) is 17.5. The minimum atomic E-state index is -1.23. The Balaban J connectivity index is 1.36. The Kier molecular flexibility index (Phi) is 6.39. The summed E-state index contributed by atoms with van der Waals surface area (Å²) in [6.45, 7) is 0.232. The molecule has 0 aromatic carbocycles. The van der Waals surface area contributed by atoms with Gasteiger partial charge in [0.2, 0.25) is 0 Å². The maximum Gasteiger partial charge on any atom is 0.352 e. The zero-order valence-electron chi connectivity index (χ0n) is 19.2. The molecular weight excluding hydrogens is 522 g/mol. The number of oxime groups is 1. The van der Waals surface area contributed by atoms with Crippen molar-refractivity contribution >= 4 is 63.5 Å². The van der Waals surface area contributed by atoms with Gasteiger partial charge in [-0.25, -0.2) is 9.78 Å². The first-order chi connectivity index (χ1) is 17.8. The molecule has 3 aromatic rings. The van der Waals surface area contributed by atoms with Gasteiger partial charge in [-0.05, 0) is 12.1 Å². The highest BCUT2D eigenvalue weighted by atomic mass is 32.2. The summed E-state index contributed by atoms with van der Waals surface area (Å²) in [4.78, 5) is 59.3. The molecule has 5 rings (SSSR count). The Morgan fingerprint density at radius 2 is 2.24 bits per heavy atom. The highest BCUT2D eigenvalue weighted by Crippen LogP contribution is 2.40. The van der Waals surface area contributed by atoms with Gasteiger partial charge < -0.3 is 25.4 Å². The van der Waals surface area contributed by atoms with E-state index in [1.54, 1.807) is 39.7 Å². The molecule has 13 nitrogen and oxygen atoms in total. The van der Waals surface area contributed by atoms with Crippen LogP contribution in [0.2, 0.25) is 0 Å². The summed E-state index contributed by atoms with van der Waals surface area (Å²) in [6.07, 6.45) is 5.99. The quantitative estimate of drug-likeness (QED) is 0.115. The van der Waals surface area contributed by atoms with Crippen LogP contribution in [0.3, 0.4) is 0 Å². The van der Waals surface area contributed by atoms with Crippen LogP contribution in [-0.4, -0.2) is 73.5 Å². The first kappa shape index (κ1) is 24.5. The summed E-state index contributed by atoms with van der Waals surface area (Å²) in [5.74, 6) is -2.13. The molecule has 0 bridgehead atoms. The zero-order valence-corrected chi connectivity index (χ0v) is 20.9. The molecule has 2 amide bonds. The zero-order chi connectivity index (χ0) is 26.3. The maximum absolute atomic E-state index is 13.0. The van der Waals surface area contributed by atoms with Gasteiger partial charge in [0.05, 0.1) is 11.9 Å². The number of aliphatic carboxylic acids is 1.